The van der Waals surface area contributed by atoms with Crippen LogP contribution in [-0.2, 0) is 4.74 Å². The number of ether oxygens (including phenoxy) is 1. The molecule has 0 atom stereocenters. The van der Waals surface area contributed by atoms with Crippen molar-refractivity contribution in [1.82, 2.24) is 10.3 Å². The van der Waals surface area contributed by atoms with E-state index in [1.807, 2.05) is 37.3 Å². The fourth-order valence-electron chi connectivity index (χ4n) is 3.65. The number of hydrogen-bond acceptors (Lipinski definition) is 3. The van der Waals surface area contributed by atoms with Crippen molar-refractivity contribution in [2.45, 2.75) is 19.3 Å². The highest BCUT2D eigenvalue weighted by molar-refractivity contribution is 5.79. The zero-order chi connectivity index (χ0) is 20.1. The molecule has 1 amide bonds. The number of aryl methyl sites for hydroxylation is 1. The lowest BCUT2D eigenvalue weighted by atomic mass is 9.98. The van der Waals surface area contributed by atoms with Crippen LogP contribution in [0.25, 0.3) is 11.1 Å². The first-order chi connectivity index (χ1) is 14.2. The molecule has 0 unspecified atom stereocenters. The standard InChI is InChI=1S/C25H22N2O2/c1-18-16-26-15-13-19(18)8-6-7-14-27-25(28)29-17-24-22-11-4-2-9-20(22)21-10-3-5-12-23(21)24/h2-5,9-13,15-16,24H,7,14,17H2,1H3,(H,27,28). The Balaban J connectivity index is 1.30. The summed E-state index contributed by atoms with van der Waals surface area (Å²) in [5.41, 5.74) is 6.86. The molecule has 4 nitrogen and oxygen atoms in total. The van der Waals surface area contributed by atoms with E-state index in [1.165, 1.54) is 22.3 Å². The molecule has 144 valence electrons. The summed E-state index contributed by atoms with van der Waals surface area (Å²) in [6, 6.07) is 18.5. The first-order valence-electron chi connectivity index (χ1n) is 9.72. The Morgan fingerprint density at radius 2 is 1.76 bits per heavy atom. The minimum absolute atomic E-state index is 0.0719. The number of amides is 1. The highest BCUT2D eigenvalue weighted by atomic mass is 16.5. The lowest BCUT2D eigenvalue weighted by Gasteiger charge is -2.14. The minimum Gasteiger partial charge on any atom is -0.449 e. The third kappa shape index (κ3) is 4.14. The van der Waals surface area contributed by atoms with Crippen LogP contribution < -0.4 is 5.32 Å². The van der Waals surface area contributed by atoms with E-state index in [0.717, 1.165) is 11.1 Å². The van der Waals surface area contributed by atoms with E-state index in [-0.39, 0.29) is 5.92 Å². The molecule has 29 heavy (non-hydrogen) atoms. The molecule has 0 aliphatic heterocycles. The largest absolute Gasteiger partial charge is 0.449 e. The molecule has 0 saturated carbocycles. The van der Waals surface area contributed by atoms with Crippen LogP contribution in [0.5, 0.6) is 0 Å². The van der Waals surface area contributed by atoms with Gasteiger partial charge in [-0.15, -0.1) is 0 Å². The molecule has 0 spiro atoms. The summed E-state index contributed by atoms with van der Waals surface area (Å²) < 4.78 is 5.52. The zero-order valence-corrected chi connectivity index (χ0v) is 16.3. The van der Waals surface area contributed by atoms with E-state index in [1.54, 1.807) is 12.4 Å². The molecule has 0 radical (unpaired) electrons. The van der Waals surface area contributed by atoms with Gasteiger partial charge in [0.2, 0.25) is 0 Å². The van der Waals surface area contributed by atoms with Crippen molar-refractivity contribution in [3.63, 3.8) is 0 Å². The summed E-state index contributed by atoms with van der Waals surface area (Å²) in [5.74, 6) is 6.25. The Bertz CT molecular complexity index is 1050. The van der Waals surface area contributed by atoms with E-state index < -0.39 is 6.09 Å². The fourth-order valence-corrected chi connectivity index (χ4v) is 3.65. The van der Waals surface area contributed by atoms with Gasteiger partial charge < -0.3 is 10.1 Å². The van der Waals surface area contributed by atoms with Crippen molar-refractivity contribution in [2.24, 2.45) is 0 Å². The van der Waals surface area contributed by atoms with Crippen LogP contribution in [0.4, 0.5) is 4.79 Å². The average molecular weight is 382 g/mol. The summed E-state index contributed by atoms with van der Waals surface area (Å²) in [6.45, 7) is 2.75. The third-order valence-electron chi connectivity index (χ3n) is 5.11. The first kappa shape index (κ1) is 18.8. The molecule has 1 aliphatic rings. The minimum atomic E-state index is -0.409. The molecule has 1 aliphatic carbocycles. The van der Waals surface area contributed by atoms with Gasteiger partial charge in [-0.1, -0.05) is 60.4 Å². The molecule has 0 fully saturated rings. The number of alkyl carbamates (subject to hydrolysis) is 1. The molecular formula is C25H22N2O2. The second-order valence-electron chi connectivity index (χ2n) is 6.99. The number of aromatic nitrogens is 1. The van der Waals surface area contributed by atoms with Gasteiger partial charge in [0, 0.05) is 36.8 Å². The average Bonchev–Trinajstić information content (AvgIpc) is 3.07. The monoisotopic (exact) mass is 382 g/mol. The van der Waals surface area contributed by atoms with Gasteiger partial charge in [0.05, 0.1) is 0 Å². The molecule has 4 rings (SSSR count). The van der Waals surface area contributed by atoms with Crippen molar-refractivity contribution in [3.05, 3.63) is 89.2 Å². The number of carbonyl (C=O) groups excluding carboxylic acids is 1. The summed E-state index contributed by atoms with van der Waals surface area (Å²) in [4.78, 5) is 16.2. The number of carbonyl (C=O) groups is 1. The lowest BCUT2D eigenvalue weighted by molar-refractivity contribution is 0.143. The maximum atomic E-state index is 12.1. The Hall–Kier alpha value is -3.58. The summed E-state index contributed by atoms with van der Waals surface area (Å²) >= 11 is 0. The predicted octanol–water partition coefficient (Wildman–Crippen LogP) is 4.67. The number of nitrogens with zero attached hydrogens (tertiary/aromatic N) is 1. The molecule has 0 bridgehead atoms. The normalized spacial score (nSPS) is 11.8. The fraction of sp³-hybridized carbons (Fsp3) is 0.200. The second kappa shape index (κ2) is 8.62. The maximum absolute atomic E-state index is 12.1. The smallest absolute Gasteiger partial charge is 0.407 e. The van der Waals surface area contributed by atoms with Gasteiger partial charge in [-0.2, -0.15) is 0 Å². The van der Waals surface area contributed by atoms with Crippen molar-refractivity contribution in [2.75, 3.05) is 13.2 Å². The summed E-state index contributed by atoms with van der Waals surface area (Å²) in [6.07, 6.45) is 3.67. The van der Waals surface area contributed by atoms with Crippen LogP contribution in [0.3, 0.4) is 0 Å². The number of hydrogen-bond donors (Lipinski definition) is 1. The van der Waals surface area contributed by atoms with Gasteiger partial charge in [-0.05, 0) is 40.8 Å². The number of pyridine rings is 1. The summed E-state index contributed by atoms with van der Waals surface area (Å²) in [7, 11) is 0. The van der Waals surface area contributed by atoms with Gasteiger partial charge >= 0.3 is 6.09 Å². The van der Waals surface area contributed by atoms with Crippen LogP contribution in [-0.4, -0.2) is 24.2 Å². The Morgan fingerprint density at radius 1 is 1.07 bits per heavy atom. The van der Waals surface area contributed by atoms with Crippen LogP contribution in [0, 0.1) is 18.8 Å². The SMILES string of the molecule is Cc1cnccc1C#CCCNC(=O)OCC1c2ccccc2-c2ccccc21. The topological polar surface area (TPSA) is 51.2 Å². The first-order valence-corrected chi connectivity index (χ1v) is 9.72. The van der Waals surface area contributed by atoms with Crippen molar-refractivity contribution < 1.29 is 9.53 Å². The van der Waals surface area contributed by atoms with Gasteiger partial charge in [-0.3, -0.25) is 4.98 Å². The lowest BCUT2D eigenvalue weighted by Crippen LogP contribution is -2.26. The molecule has 1 N–H and O–H groups in total. The number of rotatable bonds is 4. The van der Waals surface area contributed by atoms with Gasteiger partial charge in [0.25, 0.3) is 0 Å². The Kier molecular flexibility index (Phi) is 5.58. The van der Waals surface area contributed by atoms with E-state index in [4.69, 9.17) is 4.74 Å². The van der Waals surface area contributed by atoms with Gasteiger partial charge in [-0.25, -0.2) is 4.79 Å². The van der Waals surface area contributed by atoms with E-state index >= 15 is 0 Å². The molecule has 1 aromatic heterocycles. The third-order valence-corrected chi connectivity index (χ3v) is 5.11. The van der Waals surface area contributed by atoms with Crippen LogP contribution >= 0.6 is 0 Å². The number of fused-ring (bicyclic) bond motifs is 3. The van der Waals surface area contributed by atoms with Crippen molar-refractivity contribution in [3.8, 4) is 23.0 Å². The van der Waals surface area contributed by atoms with E-state index in [2.05, 4.69) is 46.4 Å². The van der Waals surface area contributed by atoms with Crippen molar-refractivity contribution >= 4 is 6.09 Å². The highest BCUT2D eigenvalue weighted by Crippen LogP contribution is 2.44. The maximum Gasteiger partial charge on any atom is 0.407 e. The number of nitrogens with one attached hydrogen (secondary N) is 1. The quantitative estimate of drug-likeness (QED) is 0.527. The van der Waals surface area contributed by atoms with Crippen LogP contribution in [0.15, 0.2) is 67.0 Å². The second-order valence-corrected chi connectivity index (χ2v) is 6.99. The van der Waals surface area contributed by atoms with Crippen LogP contribution in [0.1, 0.15) is 34.6 Å². The molecule has 4 heteroatoms. The van der Waals surface area contributed by atoms with Crippen molar-refractivity contribution in [1.29, 1.82) is 0 Å². The molecule has 1 heterocycles. The van der Waals surface area contributed by atoms with E-state index in [9.17, 15) is 4.79 Å². The van der Waals surface area contributed by atoms with E-state index in [0.29, 0.717) is 19.6 Å². The summed E-state index contributed by atoms with van der Waals surface area (Å²) in [5, 5.41) is 2.78. The highest BCUT2D eigenvalue weighted by Gasteiger charge is 2.28. The van der Waals surface area contributed by atoms with Gasteiger partial charge in [0.15, 0.2) is 0 Å². The Labute approximate surface area is 171 Å². The molecule has 2 aromatic carbocycles. The predicted molar refractivity (Wildman–Crippen MR) is 114 cm³/mol. The zero-order valence-electron chi connectivity index (χ0n) is 16.3. The Morgan fingerprint density at radius 3 is 2.45 bits per heavy atom. The number of benzene rings is 2. The van der Waals surface area contributed by atoms with Gasteiger partial charge in [0.1, 0.15) is 6.61 Å². The molecule has 3 aromatic rings. The van der Waals surface area contributed by atoms with Crippen LogP contribution in [0.2, 0.25) is 0 Å². The molecular weight excluding hydrogens is 360 g/mol. The molecule has 0 saturated heterocycles.